The van der Waals surface area contributed by atoms with Crippen LogP contribution >= 0.6 is 0 Å². The molecule has 0 radical (unpaired) electrons. The van der Waals surface area contributed by atoms with Crippen molar-refractivity contribution in [2.24, 2.45) is 11.7 Å². The van der Waals surface area contributed by atoms with E-state index < -0.39 is 0 Å². The van der Waals surface area contributed by atoms with Crippen molar-refractivity contribution in [1.82, 2.24) is 4.90 Å². The SMILES string of the molecule is CC(C)CN(C)CC(CN)c1ccccc1. The molecule has 0 spiro atoms. The Morgan fingerprint density at radius 2 is 1.75 bits per heavy atom. The Bertz CT molecular complexity index is 282. The number of likely N-dealkylation sites (N-methyl/N-ethyl adjacent to an activating group) is 1. The molecule has 1 unspecified atom stereocenters. The molecule has 1 rings (SSSR count). The van der Waals surface area contributed by atoms with Gasteiger partial charge in [-0.15, -0.1) is 0 Å². The first-order valence-electron chi connectivity index (χ1n) is 6.07. The Labute approximate surface area is 99.5 Å². The Morgan fingerprint density at radius 3 is 2.25 bits per heavy atom. The summed E-state index contributed by atoms with van der Waals surface area (Å²) in [7, 11) is 2.17. The second-order valence-electron chi connectivity index (χ2n) is 4.96. The number of nitrogens with two attached hydrogens (primary N) is 1. The summed E-state index contributed by atoms with van der Waals surface area (Å²) in [6.45, 7) is 7.38. The molecule has 16 heavy (non-hydrogen) atoms. The van der Waals surface area contributed by atoms with Crippen LogP contribution in [0.3, 0.4) is 0 Å². The third kappa shape index (κ3) is 4.33. The largest absolute Gasteiger partial charge is 0.330 e. The molecule has 0 heterocycles. The molecule has 2 N–H and O–H groups in total. The van der Waals surface area contributed by atoms with Crippen molar-refractivity contribution in [2.75, 3.05) is 26.7 Å². The Morgan fingerprint density at radius 1 is 1.12 bits per heavy atom. The van der Waals surface area contributed by atoms with E-state index >= 15 is 0 Å². The highest BCUT2D eigenvalue weighted by molar-refractivity contribution is 5.20. The van der Waals surface area contributed by atoms with Crippen LogP contribution in [-0.4, -0.2) is 31.6 Å². The van der Waals surface area contributed by atoms with Crippen LogP contribution in [0.4, 0.5) is 0 Å². The van der Waals surface area contributed by atoms with E-state index in [1.54, 1.807) is 0 Å². The Kier molecular flexibility index (Phi) is 5.50. The van der Waals surface area contributed by atoms with Crippen molar-refractivity contribution in [3.63, 3.8) is 0 Å². The minimum absolute atomic E-state index is 0.449. The van der Waals surface area contributed by atoms with Gasteiger partial charge in [-0.3, -0.25) is 0 Å². The highest BCUT2D eigenvalue weighted by Gasteiger charge is 2.12. The van der Waals surface area contributed by atoms with Gasteiger partial charge >= 0.3 is 0 Å². The third-order valence-corrected chi connectivity index (χ3v) is 2.76. The highest BCUT2D eigenvalue weighted by atomic mass is 15.1. The molecule has 0 aliphatic carbocycles. The van der Waals surface area contributed by atoms with Gasteiger partial charge in [-0.2, -0.15) is 0 Å². The molecule has 0 aliphatic rings. The molecule has 1 atom stereocenters. The van der Waals surface area contributed by atoms with E-state index in [4.69, 9.17) is 5.73 Å². The van der Waals surface area contributed by atoms with Gasteiger partial charge in [0, 0.05) is 25.6 Å². The fourth-order valence-electron chi connectivity index (χ4n) is 2.12. The lowest BCUT2D eigenvalue weighted by Crippen LogP contribution is -2.31. The zero-order chi connectivity index (χ0) is 12.0. The minimum Gasteiger partial charge on any atom is -0.330 e. The molecule has 0 bridgehead atoms. The molecule has 2 nitrogen and oxygen atoms in total. The maximum absolute atomic E-state index is 5.86. The van der Waals surface area contributed by atoms with Crippen LogP contribution in [0.5, 0.6) is 0 Å². The zero-order valence-corrected chi connectivity index (χ0v) is 10.7. The summed E-state index contributed by atoms with van der Waals surface area (Å²) in [4.78, 5) is 2.37. The highest BCUT2D eigenvalue weighted by Crippen LogP contribution is 2.15. The Hall–Kier alpha value is -0.860. The van der Waals surface area contributed by atoms with E-state index in [0.717, 1.165) is 13.1 Å². The number of hydrogen-bond acceptors (Lipinski definition) is 2. The standard InChI is InChI=1S/C14H24N2/c1-12(2)10-16(3)11-14(9-15)13-7-5-4-6-8-13/h4-8,12,14H,9-11,15H2,1-3H3. The van der Waals surface area contributed by atoms with Crippen molar-refractivity contribution in [3.05, 3.63) is 35.9 Å². The molecule has 0 fully saturated rings. The van der Waals surface area contributed by atoms with E-state index in [2.05, 4.69) is 56.1 Å². The zero-order valence-electron chi connectivity index (χ0n) is 10.7. The molecular weight excluding hydrogens is 196 g/mol. The van der Waals surface area contributed by atoms with Crippen LogP contribution in [0, 0.1) is 5.92 Å². The van der Waals surface area contributed by atoms with Crippen LogP contribution < -0.4 is 5.73 Å². The van der Waals surface area contributed by atoms with Crippen molar-refractivity contribution >= 4 is 0 Å². The molecule has 0 saturated heterocycles. The second kappa shape index (κ2) is 6.66. The van der Waals surface area contributed by atoms with Gasteiger partial charge in [0.15, 0.2) is 0 Å². The summed E-state index contributed by atoms with van der Waals surface area (Å²) in [5.41, 5.74) is 7.21. The third-order valence-electron chi connectivity index (χ3n) is 2.76. The summed E-state index contributed by atoms with van der Waals surface area (Å²) >= 11 is 0. The maximum Gasteiger partial charge on any atom is 0.00887 e. The van der Waals surface area contributed by atoms with Crippen LogP contribution in [-0.2, 0) is 0 Å². The summed E-state index contributed by atoms with van der Waals surface area (Å²) in [6.07, 6.45) is 0. The Balaban J connectivity index is 2.56. The molecule has 2 heteroatoms. The lowest BCUT2D eigenvalue weighted by atomic mass is 9.98. The number of rotatable bonds is 6. The van der Waals surface area contributed by atoms with Crippen molar-refractivity contribution in [1.29, 1.82) is 0 Å². The molecule has 0 saturated carbocycles. The van der Waals surface area contributed by atoms with E-state index in [-0.39, 0.29) is 0 Å². The summed E-state index contributed by atoms with van der Waals surface area (Å²) in [6, 6.07) is 10.6. The normalized spacial score (nSPS) is 13.4. The molecule has 90 valence electrons. The first-order chi connectivity index (χ1) is 7.63. The van der Waals surface area contributed by atoms with Gasteiger partial charge in [0.25, 0.3) is 0 Å². The summed E-state index contributed by atoms with van der Waals surface area (Å²) in [5, 5.41) is 0. The van der Waals surface area contributed by atoms with E-state index in [1.807, 2.05) is 0 Å². The lowest BCUT2D eigenvalue weighted by molar-refractivity contribution is 0.279. The predicted octanol–water partition coefficient (Wildman–Crippen LogP) is 2.32. The first kappa shape index (κ1) is 13.2. The van der Waals surface area contributed by atoms with Crippen LogP contribution in [0.15, 0.2) is 30.3 Å². The van der Waals surface area contributed by atoms with Gasteiger partial charge in [-0.05, 0) is 18.5 Å². The average Bonchev–Trinajstić information content (AvgIpc) is 2.26. The maximum atomic E-state index is 5.86. The topological polar surface area (TPSA) is 29.3 Å². The van der Waals surface area contributed by atoms with Crippen LogP contribution in [0.1, 0.15) is 25.3 Å². The van der Waals surface area contributed by atoms with E-state index in [9.17, 15) is 0 Å². The fraction of sp³-hybridized carbons (Fsp3) is 0.571. The predicted molar refractivity (Wildman–Crippen MR) is 70.6 cm³/mol. The van der Waals surface area contributed by atoms with E-state index in [1.165, 1.54) is 5.56 Å². The quantitative estimate of drug-likeness (QED) is 0.797. The van der Waals surface area contributed by atoms with Gasteiger partial charge in [-0.25, -0.2) is 0 Å². The van der Waals surface area contributed by atoms with Gasteiger partial charge in [-0.1, -0.05) is 44.2 Å². The van der Waals surface area contributed by atoms with Gasteiger partial charge in [0.2, 0.25) is 0 Å². The van der Waals surface area contributed by atoms with Crippen molar-refractivity contribution in [3.8, 4) is 0 Å². The molecule has 0 aliphatic heterocycles. The average molecular weight is 220 g/mol. The second-order valence-corrected chi connectivity index (χ2v) is 4.96. The summed E-state index contributed by atoms with van der Waals surface area (Å²) < 4.78 is 0. The van der Waals surface area contributed by atoms with Crippen molar-refractivity contribution in [2.45, 2.75) is 19.8 Å². The van der Waals surface area contributed by atoms with Gasteiger partial charge in [0.1, 0.15) is 0 Å². The molecule has 1 aromatic carbocycles. The molecule has 1 aromatic rings. The van der Waals surface area contributed by atoms with Crippen LogP contribution in [0.25, 0.3) is 0 Å². The summed E-state index contributed by atoms with van der Waals surface area (Å²) in [5.74, 6) is 1.16. The number of benzene rings is 1. The van der Waals surface area contributed by atoms with Crippen molar-refractivity contribution < 1.29 is 0 Å². The van der Waals surface area contributed by atoms with E-state index in [0.29, 0.717) is 18.4 Å². The number of nitrogens with zero attached hydrogens (tertiary/aromatic N) is 1. The van der Waals surface area contributed by atoms with Gasteiger partial charge in [0.05, 0.1) is 0 Å². The minimum atomic E-state index is 0.449. The smallest absolute Gasteiger partial charge is 0.00887 e. The van der Waals surface area contributed by atoms with Gasteiger partial charge < -0.3 is 10.6 Å². The lowest BCUT2D eigenvalue weighted by Gasteiger charge is -2.24. The molecule has 0 aromatic heterocycles. The van der Waals surface area contributed by atoms with Crippen LogP contribution in [0.2, 0.25) is 0 Å². The molecule has 0 amide bonds. The number of hydrogen-bond donors (Lipinski definition) is 1. The first-order valence-corrected chi connectivity index (χ1v) is 6.07. The molecular formula is C14H24N2. The monoisotopic (exact) mass is 220 g/mol. The fourth-order valence-corrected chi connectivity index (χ4v) is 2.12.